The summed E-state index contributed by atoms with van der Waals surface area (Å²) >= 11 is 0. The summed E-state index contributed by atoms with van der Waals surface area (Å²) in [5, 5.41) is 3.48. The molecule has 22 heavy (non-hydrogen) atoms. The molecule has 3 aliphatic rings. The number of benzene rings is 1. The standard InChI is InChI=1S/C18H17NO3/c1-9(20)12-7-13-15(8-17(12)22-2)19-14-5-3-10-11(18(13)14)4-6-16(10)21/h3,5,7-8,14,18-19H,4,6H2,1-2H3. The van der Waals surface area contributed by atoms with Crippen LogP contribution in [0.1, 0.15) is 41.6 Å². The highest BCUT2D eigenvalue weighted by Crippen LogP contribution is 2.49. The normalized spacial score (nSPS) is 24.7. The number of allylic oxidation sites excluding steroid dienone is 2. The minimum Gasteiger partial charge on any atom is -0.496 e. The smallest absolute Gasteiger partial charge is 0.163 e. The zero-order chi connectivity index (χ0) is 15.4. The van der Waals surface area contributed by atoms with E-state index in [-0.39, 0.29) is 23.5 Å². The molecule has 1 heterocycles. The van der Waals surface area contributed by atoms with Gasteiger partial charge in [-0.3, -0.25) is 9.59 Å². The quantitative estimate of drug-likeness (QED) is 0.852. The number of ketones is 2. The summed E-state index contributed by atoms with van der Waals surface area (Å²) < 4.78 is 5.34. The van der Waals surface area contributed by atoms with Crippen LogP contribution in [0, 0.1) is 0 Å². The molecule has 0 bridgehead atoms. The van der Waals surface area contributed by atoms with Gasteiger partial charge >= 0.3 is 0 Å². The number of hydrogen-bond acceptors (Lipinski definition) is 4. The summed E-state index contributed by atoms with van der Waals surface area (Å²) in [6.07, 6.45) is 5.44. The van der Waals surface area contributed by atoms with Gasteiger partial charge in [0.25, 0.3) is 0 Å². The van der Waals surface area contributed by atoms with Gasteiger partial charge in [-0.05, 0) is 30.5 Å². The summed E-state index contributed by atoms with van der Waals surface area (Å²) in [6, 6.07) is 3.99. The number of anilines is 1. The first kappa shape index (κ1) is 13.3. The number of rotatable bonds is 2. The lowest BCUT2D eigenvalue weighted by molar-refractivity contribution is -0.114. The molecule has 1 aromatic carbocycles. The second-order valence-electron chi connectivity index (χ2n) is 6.06. The van der Waals surface area contributed by atoms with Crippen molar-refractivity contribution in [2.24, 2.45) is 0 Å². The Labute approximate surface area is 128 Å². The van der Waals surface area contributed by atoms with Crippen molar-refractivity contribution in [2.45, 2.75) is 31.7 Å². The third-order valence-electron chi connectivity index (χ3n) is 4.88. The Kier molecular flexibility index (Phi) is 2.76. The number of ether oxygens (including phenoxy) is 1. The molecule has 0 radical (unpaired) electrons. The number of nitrogens with one attached hydrogen (secondary N) is 1. The van der Waals surface area contributed by atoms with Crippen molar-refractivity contribution < 1.29 is 14.3 Å². The van der Waals surface area contributed by atoms with Gasteiger partial charge in [0.15, 0.2) is 11.6 Å². The molecule has 2 atom stereocenters. The van der Waals surface area contributed by atoms with E-state index >= 15 is 0 Å². The number of Topliss-reactive ketones (excluding diaryl/α,β-unsaturated/α-hetero) is 2. The third kappa shape index (κ3) is 1.70. The van der Waals surface area contributed by atoms with Crippen LogP contribution in [0.25, 0.3) is 0 Å². The van der Waals surface area contributed by atoms with Crippen LogP contribution in [0.3, 0.4) is 0 Å². The molecule has 2 unspecified atom stereocenters. The van der Waals surface area contributed by atoms with Crippen LogP contribution in [0.15, 0.2) is 35.4 Å². The first-order valence-corrected chi connectivity index (χ1v) is 7.54. The number of carbonyl (C=O) groups is 2. The highest BCUT2D eigenvalue weighted by Gasteiger charge is 2.40. The number of methoxy groups -OCH3 is 1. The summed E-state index contributed by atoms with van der Waals surface area (Å²) in [4.78, 5) is 23.9. The first-order valence-electron chi connectivity index (χ1n) is 7.54. The average Bonchev–Trinajstić information content (AvgIpc) is 3.05. The first-order chi connectivity index (χ1) is 10.6. The number of fused-ring (bicyclic) bond motifs is 4. The molecule has 4 nitrogen and oxygen atoms in total. The van der Waals surface area contributed by atoms with Crippen molar-refractivity contribution in [3.8, 4) is 5.75 Å². The molecular formula is C18H17NO3. The predicted octanol–water partition coefficient (Wildman–Crippen LogP) is 3.00. The fourth-order valence-corrected chi connectivity index (χ4v) is 3.86. The van der Waals surface area contributed by atoms with E-state index in [9.17, 15) is 9.59 Å². The second-order valence-corrected chi connectivity index (χ2v) is 6.06. The topological polar surface area (TPSA) is 55.4 Å². The van der Waals surface area contributed by atoms with E-state index in [0.717, 1.165) is 23.2 Å². The molecule has 0 saturated carbocycles. The van der Waals surface area contributed by atoms with Gasteiger partial charge in [-0.25, -0.2) is 0 Å². The molecule has 1 aliphatic heterocycles. The van der Waals surface area contributed by atoms with Gasteiger partial charge in [0.05, 0.1) is 18.7 Å². The minimum absolute atomic E-state index is 0.00819. The summed E-state index contributed by atoms with van der Waals surface area (Å²) in [6.45, 7) is 1.55. The second kappa shape index (κ2) is 4.57. The van der Waals surface area contributed by atoms with E-state index in [1.807, 2.05) is 18.2 Å². The molecular weight excluding hydrogens is 278 g/mol. The molecule has 1 N–H and O–H groups in total. The van der Waals surface area contributed by atoms with Crippen molar-refractivity contribution in [3.05, 3.63) is 46.6 Å². The van der Waals surface area contributed by atoms with Crippen LogP contribution in [0.4, 0.5) is 5.69 Å². The summed E-state index contributed by atoms with van der Waals surface area (Å²) in [7, 11) is 1.58. The van der Waals surface area contributed by atoms with Crippen LogP contribution in [-0.2, 0) is 4.79 Å². The maximum absolute atomic E-state index is 12.0. The number of carbonyl (C=O) groups excluding carboxylic acids is 2. The van der Waals surface area contributed by atoms with Crippen molar-refractivity contribution >= 4 is 17.3 Å². The van der Waals surface area contributed by atoms with Gasteiger partial charge in [0.2, 0.25) is 0 Å². The lowest BCUT2D eigenvalue weighted by Gasteiger charge is -2.23. The van der Waals surface area contributed by atoms with Crippen LogP contribution in [-0.4, -0.2) is 24.7 Å². The fraction of sp³-hybridized carbons (Fsp3) is 0.333. The van der Waals surface area contributed by atoms with Crippen LogP contribution in [0.2, 0.25) is 0 Å². The van der Waals surface area contributed by atoms with E-state index in [0.29, 0.717) is 17.7 Å². The molecule has 4 heteroatoms. The van der Waals surface area contributed by atoms with Gasteiger partial charge in [-0.15, -0.1) is 0 Å². The Morgan fingerprint density at radius 3 is 2.86 bits per heavy atom. The zero-order valence-corrected chi connectivity index (χ0v) is 12.6. The Balaban J connectivity index is 1.88. The Morgan fingerprint density at radius 2 is 2.14 bits per heavy atom. The molecule has 1 aromatic rings. The predicted molar refractivity (Wildman–Crippen MR) is 83.6 cm³/mol. The zero-order valence-electron chi connectivity index (χ0n) is 12.6. The largest absolute Gasteiger partial charge is 0.496 e. The highest BCUT2D eigenvalue weighted by atomic mass is 16.5. The van der Waals surface area contributed by atoms with Crippen molar-refractivity contribution in [3.63, 3.8) is 0 Å². The maximum Gasteiger partial charge on any atom is 0.163 e. The molecule has 2 aliphatic carbocycles. The Morgan fingerprint density at radius 1 is 1.32 bits per heavy atom. The lowest BCUT2D eigenvalue weighted by Crippen LogP contribution is -2.22. The van der Waals surface area contributed by atoms with E-state index in [2.05, 4.69) is 11.4 Å². The molecule has 0 spiro atoms. The monoisotopic (exact) mass is 295 g/mol. The molecule has 0 fully saturated rings. The molecule has 4 rings (SSSR count). The van der Waals surface area contributed by atoms with Gasteiger partial charge in [-0.1, -0.05) is 12.2 Å². The minimum atomic E-state index is -0.00819. The van der Waals surface area contributed by atoms with Crippen molar-refractivity contribution in [1.29, 1.82) is 0 Å². The molecule has 112 valence electrons. The third-order valence-corrected chi connectivity index (χ3v) is 4.88. The van der Waals surface area contributed by atoms with E-state index in [1.54, 1.807) is 14.0 Å². The summed E-state index contributed by atoms with van der Waals surface area (Å²) in [5.74, 6) is 0.980. The Hall–Kier alpha value is -2.36. The van der Waals surface area contributed by atoms with E-state index < -0.39 is 0 Å². The highest BCUT2D eigenvalue weighted by molar-refractivity contribution is 6.03. The molecule has 0 amide bonds. The van der Waals surface area contributed by atoms with Crippen molar-refractivity contribution in [2.75, 3.05) is 12.4 Å². The van der Waals surface area contributed by atoms with Crippen LogP contribution in [0.5, 0.6) is 5.75 Å². The van der Waals surface area contributed by atoms with Crippen molar-refractivity contribution in [1.82, 2.24) is 0 Å². The maximum atomic E-state index is 12.0. The average molecular weight is 295 g/mol. The van der Waals surface area contributed by atoms with Gasteiger partial charge in [0.1, 0.15) is 5.75 Å². The molecule has 0 aromatic heterocycles. The van der Waals surface area contributed by atoms with Crippen LogP contribution < -0.4 is 10.1 Å². The van der Waals surface area contributed by atoms with Gasteiger partial charge < -0.3 is 10.1 Å². The van der Waals surface area contributed by atoms with Gasteiger partial charge in [-0.2, -0.15) is 0 Å². The summed E-state index contributed by atoms with van der Waals surface area (Å²) in [5.41, 5.74) is 4.78. The van der Waals surface area contributed by atoms with Gasteiger partial charge in [0, 0.05) is 29.7 Å². The lowest BCUT2D eigenvalue weighted by atomic mass is 9.81. The van der Waals surface area contributed by atoms with Crippen LogP contribution >= 0.6 is 0 Å². The van der Waals surface area contributed by atoms with E-state index in [4.69, 9.17) is 4.74 Å². The molecule has 0 saturated heterocycles. The fourth-order valence-electron chi connectivity index (χ4n) is 3.86. The Bertz CT molecular complexity index is 773. The SMILES string of the molecule is COc1cc2c(cc1C(C)=O)C1C3=C(C=CC1N2)C(=O)CC3. The van der Waals surface area contributed by atoms with E-state index in [1.165, 1.54) is 5.57 Å². The number of hydrogen-bond donors (Lipinski definition) is 1.